The predicted octanol–water partition coefficient (Wildman–Crippen LogP) is 3.68. The maximum absolute atomic E-state index is 3.70. The van der Waals surface area contributed by atoms with E-state index in [0.29, 0.717) is 6.04 Å². The molecule has 1 aromatic carbocycles. The van der Waals surface area contributed by atoms with Crippen molar-refractivity contribution in [1.82, 2.24) is 5.32 Å². The molecule has 0 unspecified atom stereocenters. The smallest absolute Gasteiger partial charge is 0.0303 e. The van der Waals surface area contributed by atoms with Crippen LogP contribution in [0.1, 0.15) is 24.9 Å². The number of rotatable bonds is 5. The first-order valence-corrected chi connectivity index (χ1v) is 5.63. The van der Waals surface area contributed by atoms with Crippen molar-refractivity contribution in [3.63, 3.8) is 0 Å². The molecule has 0 amide bonds. The third-order valence-corrected chi connectivity index (χ3v) is 2.89. The standard InChI is InChI=1S/C12H16BrN/c1-3-4-9-14-10(2)11-7-5-6-8-12(11)13/h3,5-8,10,14H,1,4,9H2,2H3/t10-/m1/s1. The Morgan fingerprint density at radius 3 is 2.86 bits per heavy atom. The summed E-state index contributed by atoms with van der Waals surface area (Å²) >= 11 is 3.55. The van der Waals surface area contributed by atoms with E-state index in [1.807, 2.05) is 12.1 Å². The maximum Gasteiger partial charge on any atom is 0.0303 e. The second kappa shape index (κ2) is 5.99. The third kappa shape index (κ3) is 3.28. The first-order valence-electron chi connectivity index (χ1n) is 4.84. The van der Waals surface area contributed by atoms with Crippen LogP contribution in [0.3, 0.4) is 0 Å². The van der Waals surface area contributed by atoms with E-state index in [2.05, 4.69) is 52.9 Å². The van der Waals surface area contributed by atoms with Crippen LogP contribution in [-0.2, 0) is 0 Å². The molecule has 0 aromatic heterocycles. The SMILES string of the molecule is C=CCCN[C@H](C)c1ccccc1Br. The molecule has 14 heavy (non-hydrogen) atoms. The molecule has 0 bridgehead atoms. The van der Waals surface area contributed by atoms with Crippen molar-refractivity contribution in [3.8, 4) is 0 Å². The zero-order valence-corrected chi connectivity index (χ0v) is 10.0. The van der Waals surface area contributed by atoms with Crippen LogP contribution in [0.15, 0.2) is 41.4 Å². The summed E-state index contributed by atoms with van der Waals surface area (Å²) in [6.45, 7) is 6.85. The van der Waals surface area contributed by atoms with Gasteiger partial charge in [-0.3, -0.25) is 0 Å². The van der Waals surface area contributed by atoms with Crippen LogP contribution in [0.25, 0.3) is 0 Å². The molecule has 0 aliphatic carbocycles. The maximum atomic E-state index is 3.70. The zero-order chi connectivity index (χ0) is 10.4. The summed E-state index contributed by atoms with van der Waals surface area (Å²) in [5, 5.41) is 3.44. The Kier molecular flexibility index (Phi) is 4.91. The lowest BCUT2D eigenvalue weighted by molar-refractivity contribution is 0.579. The molecular formula is C12H16BrN. The van der Waals surface area contributed by atoms with Crippen molar-refractivity contribution in [2.24, 2.45) is 0 Å². The Morgan fingerprint density at radius 2 is 2.21 bits per heavy atom. The van der Waals surface area contributed by atoms with Gasteiger partial charge in [0.25, 0.3) is 0 Å². The van der Waals surface area contributed by atoms with Gasteiger partial charge in [-0.2, -0.15) is 0 Å². The Hall–Kier alpha value is -0.600. The zero-order valence-electron chi connectivity index (χ0n) is 8.46. The fourth-order valence-electron chi connectivity index (χ4n) is 1.34. The topological polar surface area (TPSA) is 12.0 Å². The number of nitrogens with one attached hydrogen (secondary N) is 1. The molecule has 1 aromatic rings. The normalized spacial score (nSPS) is 12.4. The van der Waals surface area contributed by atoms with Gasteiger partial charge < -0.3 is 5.32 Å². The number of hydrogen-bond donors (Lipinski definition) is 1. The summed E-state index contributed by atoms with van der Waals surface area (Å²) in [4.78, 5) is 0. The van der Waals surface area contributed by atoms with Gasteiger partial charge in [-0.05, 0) is 31.5 Å². The average molecular weight is 254 g/mol. The van der Waals surface area contributed by atoms with Crippen LogP contribution in [0, 0.1) is 0 Å². The summed E-state index contributed by atoms with van der Waals surface area (Å²) in [5.41, 5.74) is 1.30. The van der Waals surface area contributed by atoms with Crippen LogP contribution >= 0.6 is 15.9 Å². The highest BCUT2D eigenvalue weighted by Gasteiger charge is 2.06. The van der Waals surface area contributed by atoms with E-state index in [0.717, 1.165) is 13.0 Å². The van der Waals surface area contributed by atoms with Gasteiger partial charge in [-0.1, -0.05) is 40.2 Å². The van der Waals surface area contributed by atoms with Crippen molar-refractivity contribution in [2.45, 2.75) is 19.4 Å². The van der Waals surface area contributed by atoms with Crippen LogP contribution in [0.2, 0.25) is 0 Å². The fraction of sp³-hybridized carbons (Fsp3) is 0.333. The van der Waals surface area contributed by atoms with Crippen LogP contribution in [-0.4, -0.2) is 6.54 Å². The van der Waals surface area contributed by atoms with Gasteiger partial charge >= 0.3 is 0 Å². The highest BCUT2D eigenvalue weighted by Crippen LogP contribution is 2.22. The van der Waals surface area contributed by atoms with Crippen molar-refractivity contribution < 1.29 is 0 Å². The predicted molar refractivity (Wildman–Crippen MR) is 65.4 cm³/mol. The summed E-state index contributed by atoms with van der Waals surface area (Å²) in [7, 11) is 0. The number of benzene rings is 1. The molecule has 0 heterocycles. The lowest BCUT2D eigenvalue weighted by Crippen LogP contribution is -2.19. The van der Waals surface area contributed by atoms with Crippen LogP contribution in [0.4, 0.5) is 0 Å². The lowest BCUT2D eigenvalue weighted by atomic mass is 10.1. The third-order valence-electron chi connectivity index (χ3n) is 2.17. The molecule has 0 spiro atoms. The molecule has 0 fully saturated rings. The molecule has 1 rings (SSSR count). The van der Waals surface area contributed by atoms with Crippen molar-refractivity contribution in [3.05, 3.63) is 47.0 Å². The highest BCUT2D eigenvalue weighted by molar-refractivity contribution is 9.10. The minimum absolute atomic E-state index is 0.380. The second-order valence-electron chi connectivity index (χ2n) is 3.27. The van der Waals surface area contributed by atoms with Crippen LogP contribution < -0.4 is 5.32 Å². The van der Waals surface area contributed by atoms with Gasteiger partial charge in [0, 0.05) is 10.5 Å². The van der Waals surface area contributed by atoms with E-state index < -0.39 is 0 Å². The largest absolute Gasteiger partial charge is 0.310 e. The van der Waals surface area contributed by atoms with E-state index in [1.54, 1.807) is 0 Å². The Labute approximate surface area is 94.3 Å². The second-order valence-corrected chi connectivity index (χ2v) is 4.13. The van der Waals surface area contributed by atoms with Gasteiger partial charge in [0.1, 0.15) is 0 Å². The summed E-state index contributed by atoms with van der Waals surface area (Å²) in [6, 6.07) is 8.68. The van der Waals surface area contributed by atoms with Gasteiger partial charge in [0.2, 0.25) is 0 Å². The summed E-state index contributed by atoms with van der Waals surface area (Å²) < 4.78 is 1.17. The first-order chi connectivity index (χ1) is 6.75. The molecule has 0 aliphatic heterocycles. The fourth-order valence-corrected chi connectivity index (χ4v) is 1.97. The molecule has 0 saturated heterocycles. The molecule has 76 valence electrons. The highest BCUT2D eigenvalue weighted by atomic mass is 79.9. The Bertz CT molecular complexity index is 296. The molecule has 2 heteroatoms. The molecule has 1 nitrogen and oxygen atoms in total. The van der Waals surface area contributed by atoms with Gasteiger partial charge in [-0.15, -0.1) is 6.58 Å². The van der Waals surface area contributed by atoms with E-state index in [9.17, 15) is 0 Å². The first kappa shape index (κ1) is 11.5. The monoisotopic (exact) mass is 253 g/mol. The van der Waals surface area contributed by atoms with E-state index in [1.165, 1.54) is 10.0 Å². The molecule has 1 N–H and O–H groups in total. The lowest BCUT2D eigenvalue weighted by Gasteiger charge is -2.14. The Morgan fingerprint density at radius 1 is 1.50 bits per heavy atom. The van der Waals surface area contributed by atoms with Gasteiger partial charge in [-0.25, -0.2) is 0 Å². The van der Waals surface area contributed by atoms with Crippen molar-refractivity contribution >= 4 is 15.9 Å². The minimum Gasteiger partial charge on any atom is -0.310 e. The minimum atomic E-state index is 0.380. The quantitative estimate of drug-likeness (QED) is 0.624. The molecule has 0 aliphatic rings. The van der Waals surface area contributed by atoms with E-state index >= 15 is 0 Å². The average Bonchev–Trinajstić information content (AvgIpc) is 2.18. The summed E-state index contributed by atoms with van der Waals surface area (Å²) in [5.74, 6) is 0. The molecule has 1 atom stereocenters. The molecule has 0 saturated carbocycles. The number of halogens is 1. The van der Waals surface area contributed by atoms with Crippen molar-refractivity contribution in [2.75, 3.05) is 6.54 Å². The van der Waals surface area contributed by atoms with E-state index in [-0.39, 0.29) is 0 Å². The Balaban J connectivity index is 2.55. The van der Waals surface area contributed by atoms with Crippen molar-refractivity contribution in [1.29, 1.82) is 0 Å². The number of hydrogen-bond acceptors (Lipinski definition) is 1. The van der Waals surface area contributed by atoms with E-state index in [4.69, 9.17) is 0 Å². The molecular weight excluding hydrogens is 238 g/mol. The summed E-state index contributed by atoms with van der Waals surface area (Å²) in [6.07, 6.45) is 2.94. The van der Waals surface area contributed by atoms with Gasteiger partial charge in [0.05, 0.1) is 0 Å². The van der Waals surface area contributed by atoms with Crippen LogP contribution in [0.5, 0.6) is 0 Å². The molecule has 0 radical (unpaired) electrons. The van der Waals surface area contributed by atoms with Gasteiger partial charge in [0.15, 0.2) is 0 Å².